The summed E-state index contributed by atoms with van der Waals surface area (Å²) in [6, 6.07) is 9.69. The Balaban J connectivity index is 2.10. The molecule has 0 spiro atoms. The average molecular weight is 259 g/mol. The van der Waals surface area contributed by atoms with Crippen LogP contribution in [0.25, 0.3) is 0 Å². The number of aliphatic hydroxyl groups is 1. The first kappa shape index (κ1) is 13.8. The van der Waals surface area contributed by atoms with Gasteiger partial charge in [0.1, 0.15) is 12.1 Å². The van der Waals surface area contributed by atoms with Crippen LogP contribution in [0, 0.1) is 5.92 Å². The van der Waals surface area contributed by atoms with E-state index in [0.717, 1.165) is 12.0 Å². The van der Waals surface area contributed by atoms with E-state index >= 15 is 0 Å². The number of ether oxygens (including phenoxy) is 1. The van der Waals surface area contributed by atoms with Crippen LogP contribution in [0.2, 0.25) is 0 Å². The predicted octanol–water partition coefficient (Wildman–Crippen LogP) is 2.80. The standard InChI is InChI=1S/C16H21NO2/c1-3-4-8-12(2)15-14(11-18)17-16(19-15)13-9-6-5-7-10-13/h3-7,9-10,12,14-15,18H,8,11H2,1-2H3/b4-3+/t12-,14-,15-/m1/s1. The van der Waals surface area contributed by atoms with E-state index in [-0.39, 0.29) is 18.8 Å². The van der Waals surface area contributed by atoms with Gasteiger partial charge in [-0.3, -0.25) is 0 Å². The SMILES string of the molecule is C/C=C/C[C@@H](C)[C@H]1OC(c2ccccc2)=N[C@@H]1CO. The Kier molecular flexibility index (Phi) is 4.74. The molecule has 102 valence electrons. The third kappa shape index (κ3) is 3.24. The topological polar surface area (TPSA) is 41.8 Å². The molecular formula is C16H21NO2. The van der Waals surface area contributed by atoms with Crippen molar-refractivity contribution < 1.29 is 9.84 Å². The minimum Gasteiger partial charge on any atom is -0.471 e. The van der Waals surface area contributed by atoms with Gasteiger partial charge < -0.3 is 9.84 Å². The van der Waals surface area contributed by atoms with Gasteiger partial charge in [0.25, 0.3) is 0 Å². The molecule has 0 saturated heterocycles. The van der Waals surface area contributed by atoms with Gasteiger partial charge in [0, 0.05) is 5.56 Å². The maximum atomic E-state index is 9.47. The van der Waals surface area contributed by atoms with Crippen LogP contribution in [-0.2, 0) is 4.74 Å². The molecule has 0 bridgehead atoms. The minimum atomic E-state index is -0.157. The molecule has 1 N–H and O–H groups in total. The summed E-state index contributed by atoms with van der Waals surface area (Å²) in [5.41, 5.74) is 0.974. The van der Waals surface area contributed by atoms with Crippen LogP contribution in [0.4, 0.5) is 0 Å². The Morgan fingerprint density at radius 1 is 1.37 bits per heavy atom. The van der Waals surface area contributed by atoms with Crippen molar-refractivity contribution >= 4 is 5.90 Å². The van der Waals surface area contributed by atoms with Gasteiger partial charge in [-0.15, -0.1) is 0 Å². The van der Waals surface area contributed by atoms with E-state index in [1.165, 1.54) is 0 Å². The largest absolute Gasteiger partial charge is 0.471 e. The molecule has 0 aliphatic carbocycles. The summed E-state index contributed by atoms with van der Waals surface area (Å²) in [4.78, 5) is 4.51. The first-order valence-electron chi connectivity index (χ1n) is 6.78. The van der Waals surface area contributed by atoms with E-state index < -0.39 is 0 Å². The van der Waals surface area contributed by atoms with Gasteiger partial charge >= 0.3 is 0 Å². The molecule has 2 rings (SSSR count). The van der Waals surface area contributed by atoms with Gasteiger partial charge in [-0.2, -0.15) is 0 Å². The van der Waals surface area contributed by atoms with E-state index in [9.17, 15) is 5.11 Å². The molecule has 0 radical (unpaired) electrons. The lowest BCUT2D eigenvalue weighted by Gasteiger charge is -2.22. The van der Waals surface area contributed by atoms with Crippen molar-refractivity contribution in [1.29, 1.82) is 0 Å². The van der Waals surface area contributed by atoms with Crippen molar-refractivity contribution in [2.24, 2.45) is 10.9 Å². The van der Waals surface area contributed by atoms with Crippen molar-refractivity contribution in [2.75, 3.05) is 6.61 Å². The fourth-order valence-electron chi connectivity index (χ4n) is 2.31. The Labute approximate surface area is 114 Å². The number of rotatable bonds is 5. The first-order chi connectivity index (χ1) is 9.26. The highest BCUT2D eigenvalue weighted by Crippen LogP contribution is 2.25. The summed E-state index contributed by atoms with van der Waals surface area (Å²) in [7, 11) is 0. The zero-order chi connectivity index (χ0) is 13.7. The number of hydrogen-bond acceptors (Lipinski definition) is 3. The highest BCUT2D eigenvalue weighted by atomic mass is 16.5. The molecular weight excluding hydrogens is 238 g/mol. The first-order valence-corrected chi connectivity index (χ1v) is 6.78. The van der Waals surface area contributed by atoms with Crippen LogP contribution in [0.3, 0.4) is 0 Å². The normalized spacial score (nSPS) is 24.3. The molecule has 1 aromatic rings. The molecule has 3 heteroatoms. The van der Waals surface area contributed by atoms with Crippen LogP contribution in [0.5, 0.6) is 0 Å². The summed E-state index contributed by atoms with van der Waals surface area (Å²) < 4.78 is 5.97. The van der Waals surface area contributed by atoms with E-state index in [0.29, 0.717) is 11.8 Å². The monoisotopic (exact) mass is 259 g/mol. The highest BCUT2D eigenvalue weighted by molar-refractivity contribution is 5.95. The smallest absolute Gasteiger partial charge is 0.216 e. The Morgan fingerprint density at radius 2 is 2.11 bits per heavy atom. The van der Waals surface area contributed by atoms with E-state index in [1.807, 2.05) is 43.3 Å². The fraction of sp³-hybridized carbons (Fsp3) is 0.438. The van der Waals surface area contributed by atoms with Crippen molar-refractivity contribution in [1.82, 2.24) is 0 Å². The van der Waals surface area contributed by atoms with Crippen LogP contribution >= 0.6 is 0 Å². The maximum Gasteiger partial charge on any atom is 0.216 e. The molecule has 1 aliphatic rings. The highest BCUT2D eigenvalue weighted by Gasteiger charge is 2.34. The van der Waals surface area contributed by atoms with Crippen LogP contribution in [-0.4, -0.2) is 29.8 Å². The van der Waals surface area contributed by atoms with Crippen molar-refractivity contribution in [3.8, 4) is 0 Å². The molecule has 1 aromatic carbocycles. The van der Waals surface area contributed by atoms with Gasteiger partial charge in [0.2, 0.25) is 5.90 Å². The quantitative estimate of drug-likeness (QED) is 0.826. The number of hydrogen-bond donors (Lipinski definition) is 1. The lowest BCUT2D eigenvalue weighted by molar-refractivity contribution is 0.105. The lowest BCUT2D eigenvalue weighted by Crippen LogP contribution is -2.32. The fourth-order valence-corrected chi connectivity index (χ4v) is 2.31. The van der Waals surface area contributed by atoms with Crippen molar-refractivity contribution in [3.63, 3.8) is 0 Å². The minimum absolute atomic E-state index is 0.0289. The van der Waals surface area contributed by atoms with Crippen LogP contribution in [0.1, 0.15) is 25.8 Å². The molecule has 1 aliphatic heterocycles. The molecule has 3 atom stereocenters. The summed E-state index contributed by atoms with van der Waals surface area (Å²) in [5.74, 6) is 0.982. The van der Waals surface area contributed by atoms with Gasteiger partial charge in [0.05, 0.1) is 6.61 Å². The summed E-state index contributed by atoms with van der Waals surface area (Å²) in [6.45, 7) is 4.18. The Morgan fingerprint density at radius 3 is 2.74 bits per heavy atom. The number of aliphatic hydroxyl groups excluding tert-OH is 1. The van der Waals surface area contributed by atoms with Crippen molar-refractivity contribution in [2.45, 2.75) is 32.4 Å². The molecule has 0 unspecified atom stereocenters. The van der Waals surface area contributed by atoms with Gasteiger partial charge in [-0.1, -0.05) is 37.3 Å². The molecule has 19 heavy (non-hydrogen) atoms. The van der Waals surface area contributed by atoms with Gasteiger partial charge in [-0.05, 0) is 31.4 Å². The predicted molar refractivity (Wildman–Crippen MR) is 77.3 cm³/mol. The maximum absolute atomic E-state index is 9.47. The summed E-state index contributed by atoms with van der Waals surface area (Å²) in [6.07, 6.45) is 5.06. The van der Waals surface area contributed by atoms with E-state index in [2.05, 4.69) is 18.0 Å². The third-order valence-corrected chi connectivity index (χ3v) is 3.42. The molecule has 0 aromatic heterocycles. The third-order valence-electron chi connectivity index (χ3n) is 3.42. The number of aliphatic imine (C=N–C) groups is 1. The Hall–Kier alpha value is -1.61. The Bertz CT molecular complexity index is 453. The molecule has 0 fully saturated rings. The molecule has 1 heterocycles. The zero-order valence-corrected chi connectivity index (χ0v) is 11.5. The second-order valence-electron chi connectivity index (χ2n) is 4.91. The number of allylic oxidation sites excluding steroid dienone is 2. The summed E-state index contributed by atoms with van der Waals surface area (Å²) >= 11 is 0. The number of benzene rings is 1. The zero-order valence-electron chi connectivity index (χ0n) is 11.5. The van der Waals surface area contributed by atoms with Crippen LogP contribution in [0.15, 0.2) is 47.5 Å². The van der Waals surface area contributed by atoms with Gasteiger partial charge in [-0.25, -0.2) is 4.99 Å². The molecule has 3 nitrogen and oxygen atoms in total. The van der Waals surface area contributed by atoms with Gasteiger partial charge in [0.15, 0.2) is 0 Å². The van der Waals surface area contributed by atoms with Crippen molar-refractivity contribution in [3.05, 3.63) is 48.0 Å². The van der Waals surface area contributed by atoms with E-state index in [1.54, 1.807) is 0 Å². The average Bonchev–Trinajstić information content (AvgIpc) is 2.90. The van der Waals surface area contributed by atoms with E-state index in [4.69, 9.17) is 4.74 Å². The second-order valence-corrected chi connectivity index (χ2v) is 4.91. The lowest BCUT2D eigenvalue weighted by atomic mass is 9.95. The second kappa shape index (κ2) is 6.53. The summed E-state index contributed by atoms with van der Waals surface area (Å²) in [5, 5.41) is 9.47. The number of nitrogens with zero attached hydrogens (tertiary/aromatic N) is 1. The molecule has 0 amide bonds. The molecule has 0 saturated carbocycles. The van der Waals surface area contributed by atoms with Crippen LogP contribution < -0.4 is 0 Å².